The molecule has 0 N–H and O–H groups in total. The summed E-state index contributed by atoms with van der Waals surface area (Å²) in [6.45, 7) is 7.84. The zero-order chi connectivity index (χ0) is 11.5. The first-order valence-corrected chi connectivity index (χ1v) is 6.69. The molecule has 0 aromatic rings. The molecule has 1 nitrogen and oxygen atoms in total. The standard InChI is InChI=1S/C14H30O/c1-5-9-14(12-15-4)11-8-6-7-10-13(2)3/h13-14H,5-12H2,1-4H3/t14-/m0/s1. The largest absolute Gasteiger partial charge is 0.384 e. The molecule has 0 heterocycles. The summed E-state index contributed by atoms with van der Waals surface area (Å²) in [7, 11) is 1.82. The van der Waals surface area contributed by atoms with Crippen LogP contribution in [0.15, 0.2) is 0 Å². The summed E-state index contributed by atoms with van der Waals surface area (Å²) in [4.78, 5) is 0. The van der Waals surface area contributed by atoms with Gasteiger partial charge in [0.2, 0.25) is 0 Å². The molecule has 0 aliphatic carbocycles. The van der Waals surface area contributed by atoms with E-state index in [1.807, 2.05) is 7.11 Å². The second-order valence-corrected chi connectivity index (χ2v) is 5.14. The molecule has 0 saturated carbocycles. The fourth-order valence-electron chi connectivity index (χ4n) is 2.12. The molecule has 1 heteroatoms. The van der Waals surface area contributed by atoms with Crippen LogP contribution in [0.2, 0.25) is 0 Å². The Bertz CT molecular complexity index is 115. The highest BCUT2D eigenvalue weighted by Gasteiger charge is 2.06. The lowest BCUT2D eigenvalue weighted by Crippen LogP contribution is -2.07. The van der Waals surface area contributed by atoms with E-state index in [1.54, 1.807) is 0 Å². The Balaban J connectivity index is 3.36. The van der Waals surface area contributed by atoms with Gasteiger partial charge in [-0.25, -0.2) is 0 Å². The van der Waals surface area contributed by atoms with Crippen molar-refractivity contribution < 1.29 is 4.74 Å². The van der Waals surface area contributed by atoms with E-state index in [-0.39, 0.29) is 0 Å². The van der Waals surface area contributed by atoms with Crippen molar-refractivity contribution in [3.8, 4) is 0 Å². The number of unbranched alkanes of at least 4 members (excludes halogenated alkanes) is 2. The predicted octanol–water partition coefficient (Wildman–Crippen LogP) is 4.66. The van der Waals surface area contributed by atoms with Gasteiger partial charge < -0.3 is 4.74 Å². The van der Waals surface area contributed by atoms with E-state index in [4.69, 9.17) is 4.74 Å². The average molecular weight is 214 g/mol. The Morgan fingerprint density at radius 1 is 0.933 bits per heavy atom. The van der Waals surface area contributed by atoms with Gasteiger partial charge in [0, 0.05) is 13.7 Å². The number of hydrogen-bond donors (Lipinski definition) is 0. The van der Waals surface area contributed by atoms with E-state index in [2.05, 4.69) is 20.8 Å². The van der Waals surface area contributed by atoms with Crippen molar-refractivity contribution in [1.29, 1.82) is 0 Å². The topological polar surface area (TPSA) is 9.23 Å². The van der Waals surface area contributed by atoms with Gasteiger partial charge in [0.05, 0.1) is 0 Å². The molecule has 0 rings (SSSR count). The summed E-state index contributed by atoms with van der Waals surface area (Å²) in [5, 5.41) is 0. The molecule has 0 bridgehead atoms. The first kappa shape index (κ1) is 15.0. The molecule has 0 aliphatic rings. The van der Waals surface area contributed by atoms with E-state index in [1.165, 1.54) is 44.9 Å². The zero-order valence-corrected chi connectivity index (χ0v) is 11.2. The van der Waals surface area contributed by atoms with Crippen LogP contribution in [0.5, 0.6) is 0 Å². The van der Waals surface area contributed by atoms with Crippen molar-refractivity contribution in [3.05, 3.63) is 0 Å². The molecule has 0 aromatic carbocycles. The summed E-state index contributed by atoms with van der Waals surface area (Å²) < 4.78 is 5.25. The summed E-state index contributed by atoms with van der Waals surface area (Å²) in [5.74, 6) is 1.68. The van der Waals surface area contributed by atoms with Crippen LogP contribution in [0.4, 0.5) is 0 Å². The molecule has 0 aromatic heterocycles. The molecule has 1 atom stereocenters. The third-order valence-electron chi connectivity index (χ3n) is 2.99. The van der Waals surface area contributed by atoms with Gasteiger partial charge in [-0.3, -0.25) is 0 Å². The van der Waals surface area contributed by atoms with Crippen LogP contribution in [0.25, 0.3) is 0 Å². The van der Waals surface area contributed by atoms with Gasteiger partial charge in [-0.15, -0.1) is 0 Å². The highest BCUT2D eigenvalue weighted by molar-refractivity contribution is 4.58. The Morgan fingerprint density at radius 3 is 2.13 bits per heavy atom. The quantitative estimate of drug-likeness (QED) is 0.481. The summed E-state index contributed by atoms with van der Waals surface area (Å²) >= 11 is 0. The predicted molar refractivity (Wildman–Crippen MR) is 68.2 cm³/mol. The molecular formula is C14H30O. The Hall–Kier alpha value is -0.0400. The lowest BCUT2D eigenvalue weighted by atomic mass is 9.96. The van der Waals surface area contributed by atoms with Crippen molar-refractivity contribution in [3.63, 3.8) is 0 Å². The van der Waals surface area contributed by atoms with Crippen LogP contribution in [-0.2, 0) is 4.74 Å². The Morgan fingerprint density at radius 2 is 1.60 bits per heavy atom. The smallest absolute Gasteiger partial charge is 0.0490 e. The van der Waals surface area contributed by atoms with Crippen LogP contribution in [-0.4, -0.2) is 13.7 Å². The van der Waals surface area contributed by atoms with Gasteiger partial charge in [-0.2, -0.15) is 0 Å². The molecule has 15 heavy (non-hydrogen) atoms. The van der Waals surface area contributed by atoms with Crippen LogP contribution in [0, 0.1) is 11.8 Å². The fourth-order valence-corrected chi connectivity index (χ4v) is 2.12. The minimum Gasteiger partial charge on any atom is -0.384 e. The van der Waals surface area contributed by atoms with Gasteiger partial charge in [0.1, 0.15) is 0 Å². The van der Waals surface area contributed by atoms with Gasteiger partial charge in [-0.1, -0.05) is 52.9 Å². The number of rotatable bonds is 10. The average Bonchev–Trinajstić information content (AvgIpc) is 2.17. The Labute approximate surface area is 96.6 Å². The second-order valence-electron chi connectivity index (χ2n) is 5.14. The van der Waals surface area contributed by atoms with Gasteiger partial charge in [0.15, 0.2) is 0 Å². The molecule has 0 aliphatic heterocycles. The monoisotopic (exact) mass is 214 g/mol. The molecule has 0 amide bonds. The third-order valence-corrected chi connectivity index (χ3v) is 2.99. The number of methoxy groups -OCH3 is 1. The van der Waals surface area contributed by atoms with Crippen LogP contribution in [0.1, 0.15) is 65.7 Å². The lowest BCUT2D eigenvalue weighted by Gasteiger charge is -2.14. The van der Waals surface area contributed by atoms with Crippen molar-refractivity contribution in [1.82, 2.24) is 0 Å². The molecule has 0 radical (unpaired) electrons. The highest BCUT2D eigenvalue weighted by atomic mass is 16.5. The first-order valence-electron chi connectivity index (χ1n) is 6.69. The highest BCUT2D eigenvalue weighted by Crippen LogP contribution is 2.17. The second kappa shape index (κ2) is 10.5. The van der Waals surface area contributed by atoms with Crippen molar-refractivity contribution >= 4 is 0 Å². The van der Waals surface area contributed by atoms with E-state index in [0.29, 0.717) is 0 Å². The van der Waals surface area contributed by atoms with Gasteiger partial charge in [0.25, 0.3) is 0 Å². The SMILES string of the molecule is CCC[C@@H](CCCCCC(C)C)COC. The maximum absolute atomic E-state index is 5.25. The normalized spacial score (nSPS) is 13.4. The van der Waals surface area contributed by atoms with Crippen molar-refractivity contribution in [2.45, 2.75) is 65.7 Å². The van der Waals surface area contributed by atoms with Crippen LogP contribution >= 0.6 is 0 Å². The summed E-state index contributed by atoms with van der Waals surface area (Å²) in [6, 6.07) is 0. The summed E-state index contributed by atoms with van der Waals surface area (Å²) in [6.07, 6.45) is 9.58. The van der Waals surface area contributed by atoms with Gasteiger partial charge >= 0.3 is 0 Å². The fraction of sp³-hybridized carbons (Fsp3) is 1.00. The summed E-state index contributed by atoms with van der Waals surface area (Å²) in [5.41, 5.74) is 0. The minimum absolute atomic E-state index is 0.805. The lowest BCUT2D eigenvalue weighted by molar-refractivity contribution is 0.141. The molecule has 0 spiro atoms. The number of ether oxygens (including phenoxy) is 1. The van der Waals surface area contributed by atoms with E-state index >= 15 is 0 Å². The van der Waals surface area contributed by atoms with Gasteiger partial charge in [-0.05, 0) is 24.7 Å². The van der Waals surface area contributed by atoms with Crippen molar-refractivity contribution in [2.75, 3.05) is 13.7 Å². The van der Waals surface area contributed by atoms with E-state index in [9.17, 15) is 0 Å². The third kappa shape index (κ3) is 10.2. The van der Waals surface area contributed by atoms with Crippen LogP contribution in [0.3, 0.4) is 0 Å². The molecule has 0 fully saturated rings. The molecule has 0 saturated heterocycles. The number of hydrogen-bond acceptors (Lipinski definition) is 1. The molecular weight excluding hydrogens is 184 g/mol. The van der Waals surface area contributed by atoms with E-state index in [0.717, 1.165) is 18.4 Å². The van der Waals surface area contributed by atoms with Crippen LogP contribution < -0.4 is 0 Å². The van der Waals surface area contributed by atoms with Crippen molar-refractivity contribution in [2.24, 2.45) is 11.8 Å². The molecule has 0 unspecified atom stereocenters. The first-order chi connectivity index (χ1) is 7.20. The maximum atomic E-state index is 5.25. The minimum atomic E-state index is 0.805. The Kier molecular flexibility index (Phi) is 10.4. The molecule has 92 valence electrons. The van der Waals surface area contributed by atoms with E-state index < -0.39 is 0 Å². The maximum Gasteiger partial charge on any atom is 0.0490 e. The zero-order valence-electron chi connectivity index (χ0n) is 11.2.